The average Bonchev–Trinajstić information content (AvgIpc) is 3.06. The minimum absolute atomic E-state index is 0.222. The molecule has 0 bridgehead atoms. The van der Waals surface area contributed by atoms with Crippen molar-refractivity contribution < 1.29 is 9.53 Å². The summed E-state index contributed by atoms with van der Waals surface area (Å²) in [7, 11) is 1.85. The summed E-state index contributed by atoms with van der Waals surface area (Å²) in [6, 6.07) is 16.9. The van der Waals surface area contributed by atoms with Crippen LogP contribution in [0.1, 0.15) is 20.8 Å². The molecule has 0 fully saturated rings. The monoisotopic (exact) mass is 410 g/mol. The van der Waals surface area contributed by atoms with E-state index in [4.69, 9.17) is 17.0 Å². The number of rotatable bonds is 4. The van der Waals surface area contributed by atoms with E-state index in [-0.39, 0.29) is 16.4 Å². The van der Waals surface area contributed by atoms with Crippen molar-refractivity contribution in [3.05, 3.63) is 66.9 Å². The highest BCUT2D eigenvalue weighted by Crippen LogP contribution is 2.35. The number of carbonyl (C=O) groups excluding carboxylic acids is 1. The van der Waals surface area contributed by atoms with E-state index < -0.39 is 5.54 Å². The zero-order valence-electron chi connectivity index (χ0n) is 17.0. The number of thiocarbonyl (C=S) groups is 1. The molecule has 3 rings (SSSR count). The number of ether oxygens (including phenoxy) is 1. The lowest BCUT2D eigenvalue weighted by molar-refractivity contribution is -0.129. The first-order valence-electron chi connectivity index (χ1n) is 9.35. The van der Waals surface area contributed by atoms with Gasteiger partial charge < -0.3 is 20.4 Å². The van der Waals surface area contributed by atoms with Gasteiger partial charge in [0.1, 0.15) is 17.0 Å². The summed E-state index contributed by atoms with van der Waals surface area (Å²) < 4.78 is 5.84. The summed E-state index contributed by atoms with van der Waals surface area (Å²) in [6.07, 6.45) is 3.70. The zero-order chi connectivity index (χ0) is 21.1. The molecule has 1 aliphatic heterocycles. The lowest BCUT2D eigenvalue weighted by Gasteiger charge is -2.39. The number of anilines is 1. The normalized spacial score (nSPS) is 18.4. The molecule has 0 aliphatic carbocycles. The molecular weight excluding hydrogens is 384 g/mol. The van der Waals surface area contributed by atoms with E-state index in [1.54, 1.807) is 5.01 Å². The Hall–Kier alpha value is -2.90. The fourth-order valence-electron chi connectivity index (χ4n) is 3.09. The predicted octanol–water partition coefficient (Wildman–Crippen LogP) is 4.04. The zero-order valence-corrected chi connectivity index (χ0v) is 17.8. The highest BCUT2D eigenvalue weighted by molar-refractivity contribution is 7.80. The van der Waals surface area contributed by atoms with Gasteiger partial charge in [0.15, 0.2) is 5.11 Å². The number of hydrogen-bond donors (Lipinski definition) is 3. The fraction of sp³-hybridized carbons (Fsp3) is 0.273. The third kappa shape index (κ3) is 4.75. The summed E-state index contributed by atoms with van der Waals surface area (Å²) in [4.78, 5) is 13.1. The molecule has 0 radical (unpaired) electrons. The first-order chi connectivity index (χ1) is 13.7. The molecule has 1 aliphatic rings. The largest absolute Gasteiger partial charge is 0.457 e. The molecule has 29 heavy (non-hydrogen) atoms. The van der Waals surface area contributed by atoms with Crippen molar-refractivity contribution >= 4 is 28.9 Å². The van der Waals surface area contributed by atoms with Crippen molar-refractivity contribution in [2.24, 2.45) is 5.41 Å². The van der Waals surface area contributed by atoms with Gasteiger partial charge in [0.2, 0.25) is 0 Å². The molecule has 1 unspecified atom stereocenters. The summed E-state index contributed by atoms with van der Waals surface area (Å²) in [5.74, 6) is 1.19. The highest BCUT2D eigenvalue weighted by atomic mass is 32.1. The molecule has 2 aromatic carbocycles. The lowest BCUT2D eigenvalue weighted by atomic mass is 9.73. The third-order valence-electron chi connectivity index (χ3n) is 4.74. The van der Waals surface area contributed by atoms with Crippen LogP contribution in [0.4, 0.5) is 5.69 Å². The van der Waals surface area contributed by atoms with Crippen LogP contribution in [0.3, 0.4) is 0 Å². The Kier molecular flexibility index (Phi) is 5.91. The van der Waals surface area contributed by atoms with Crippen LogP contribution in [0.15, 0.2) is 66.9 Å². The van der Waals surface area contributed by atoms with Gasteiger partial charge in [-0.15, -0.1) is 0 Å². The summed E-state index contributed by atoms with van der Waals surface area (Å²) in [6.45, 7) is 6.01. The first-order valence-corrected chi connectivity index (χ1v) is 9.76. The number of amides is 1. The Labute approximate surface area is 176 Å². The maximum absolute atomic E-state index is 13.1. The lowest BCUT2D eigenvalue weighted by Crippen LogP contribution is -2.64. The molecule has 1 atom stereocenters. The van der Waals surface area contributed by atoms with Gasteiger partial charge in [-0.3, -0.25) is 4.79 Å². The molecule has 0 saturated carbocycles. The number of carbonyl (C=O) groups is 1. The van der Waals surface area contributed by atoms with Gasteiger partial charge in [-0.1, -0.05) is 45.0 Å². The van der Waals surface area contributed by atoms with Gasteiger partial charge in [-0.25, -0.2) is 5.43 Å². The minimum Gasteiger partial charge on any atom is -0.457 e. The van der Waals surface area contributed by atoms with Crippen molar-refractivity contribution in [3.8, 4) is 11.5 Å². The predicted molar refractivity (Wildman–Crippen MR) is 120 cm³/mol. The van der Waals surface area contributed by atoms with Crippen molar-refractivity contribution in [3.63, 3.8) is 0 Å². The Balaban J connectivity index is 1.67. The van der Waals surface area contributed by atoms with E-state index in [1.807, 2.05) is 94.7 Å². The number of hydrazine groups is 1. The molecule has 0 spiro atoms. The molecule has 0 saturated heterocycles. The van der Waals surface area contributed by atoms with E-state index in [9.17, 15) is 4.79 Å². The van der Waals surface area contributed by atoms with E-state index in [2.05, 4.69) is 16.1 Å². The quantitative estimate of drug-likeness (QED) is 0.661. The molecule has 1 heterocycles. The molecule has 6 nitrogen and oxygen atoms in total. The van der Waals surface area contributed by atoms with Crippen molar-refractivity contribution in [1.29, 1.82) is 0 Å². The second-order valence-electron chi connectivity index (χ2n) is 7.95. The second-order valence-corrected chi connectivity index (χ2v) is 8.36. The first kappa shape index (κ1) is 20.8. The van der Waals surface area contributed by atoms with Gasteiger partial charge in [0.25, 0.3) is 5.91 Å². The molecule has 152 valence electrons. The maximum Gasteiger partial charge on any atom is 0.252 e. The van der Waals surface area contributed by atoms with Gasteiger partial charge in [-0.2, -0.15) is 0 Å². The van der Waals surface area contributed by atoms with Gasteiger partial charge in [0, 0.05) is 25.0 Å². The third-order valence-corrected chi connectivity index (χ3v) is 4.94. The number of benzene rings is 2. The highest BCUT2D eigenvalue weighted by Gasteiger charge is 2.49. The Morgan fingerprint density at radius 3 is 2.41 bits per heavy atom. The summed E-state index contributed by atoms with van der Waals surface area (Å²) in [5.41, 5.74) is 2.68. The number of nitrogens with zero attached hydrogens (tertiary/aromatic N) is 1. The number of hydrogen-bond acceptors (Lipinski definition) is 5. The topological polar surface area (TPSA) is 65.6 Å². The van der Waals surface area contributed by atoms with Crippen LogP contribution in [0.25, 0.3) is 0 Å². The SMILES string of the molecule is CN1C=CC(C(=O)NC(=S)Nc2cccc(Oc3ccccc3)c2)(C(C)(C)C)N1. The number of nitrogens with one attached hydrogen (secondary N) is 3. The van der Waals surface area contributed by atoms with Crippen LogP contribution in [0, 0.1) is 5.41 Å². The minimum atomic E-state index is -0.897. The standard InChI is InChI=1S/C22H26N4O2S/c1-21(2,3)22(13-14-26(4)25-22)19(27)24-20(29)23-16-9-8-12-18(15-16)28-17-10-6-5-7-11-17/h5-15,25H,1-4H3,(H2,23,24,27,29). The summed E-state index contributed by atoms with van der Waals surface area (Å²) >= 11 is 5.37. The second kappa shape index (κ2) is 8.23. The molecule has 7 heteroatoms. The van der Waals surface area contributed by atoms with E-state index in [1.165, 1.54) is 0 Å². The number of para-hydroxylation sites is 1. The fourth-order valence-corrected chi connectivity index (χ4v) is 3.30. The van der Waals surface area contributed by atoms with E-state index in [0.29, 0.717) is 5.75 Å². The molecular formula is C22H26N4O2S. The van der Waals surface area contributed by atoms with Crippen LogP contribution in [0.5, 0.6) is 11.5 Å². The Bertz CT molecular complexity index is 924. The molecule has 3 N–H and O–H groups in total. The van der Waals surface area contributed by atoms with Crippen LogP contribution in [0.2, 0.25) is 0 Å². The van der Waals surface area contributed by atoms with E-state index >= 15 is 0 Å². The summed E-state index contributed by atoms with van der Waals surface area (Å²) in [5, 5.41) is 7.86. The van der Waals surface area contributed by atoms with Crippen LogP contribution in [-0.4, -0.2) is 28.6 Å². The maximum atomic E-state index is 13.1. The molecule has 2 aromatic rings. The molecule has 0 aromatic heterocycles. The van der Waals surface area contributed by atoms with Crippen molar-refractivity contribution in [2.45, 2.75) is 26.3 Å². The van der Waals surface area contributed by atoms with Gasteiger partial charge >= 0.3 is 0 Å². The van der Waals surface area contributed by atoms with Gasteiger partial charge in [0.05, 0.1) is 0 Å². The Morgan fingerprint density at radius 2 is 1.79 bits per heavy atom. The van der Waals surface area contributed by atoms with Crippen LogP contribution < -0.4 is 20.8 Å². The van der Waals surface area contributed by atoms with Crippen LogP contribution >= 0.6 is 12.2 Å². The Morgan fingerprint density at radius 1 is 1.10 bits per heavy atom. The van der Waals surface area contributed by atoms with Gasteiger partial charge in [-0.05, 0) is 48.0 Å². The van der Waals surface area contributed by atoms with Crippen molar-refractivity contribution in [2.75, 3.05) is 12.4 Å². The van der Waals surface area contributed by atoms with Crippen molar-refractivity contribution in [1.82, 2.24) is 15.8 Å². The molecule has 1 amide bonds. The average molecular weight is 411 g/mol. The smallest absolute Gasteiger partial charge is 0.252 e. The van der Waals surface area contributed by atoms with E-state index in [0.717, 1.165) is 11.4 Å². The van der Waals surface area contributed by atoms with Crippen LogP contribution in [-0.2, 0) is 4.79 Å².